The maximum absolute atomic E-state index is 15.1. The third kappa shape index (κ3) is 6.42. The molecule has 2 rings (SSSR count). The molecule has 6 atom stereocenters. The number of phosphoric ester groups is 1. The van der Waals surface area contributed by atoms with Crippen molar-refractivity contribution in [2.45, 2.75) is 24.1 Å². The molecule has 1 aliphatic rings. The molecule has 0 aliphatic carbocycles. The summed E-state index contributed by atoms with van der Waals surface area (Å²) in [7, 11) is -17.1. The summed E-state index contributed by atoms with van der Waals surface area (Å²) in [5.74, 6) is -1.87. The monoisotopic (exact) mass is 551 g/mol. The molecule has 1 saturated heterocycles. The number of aliphatic hydroxyl groups is 1. The van der Waals surface area contributed by atoms with Gasteiger partial charge in [0.05, 0.1) is 6.61 Å². The van der Waals surface area contributed by atoms with Gasteiger partial charge in [-0.3, -0.25) is 9.09 Å². The quantitative estimate of drug-likeness (QED) is 0.182. The molecule has 0 amide bonds. The SMILES string of the molecule is Nc1nc(=S)n([C@@H]2O[C@H](COP(=O)(O)OP(=O)(O)OP(=O)(O)O)C(O)[C@]2(F)CF)cc1F. The third-order valence-electron chi connectivity index (χ3n) is 3.77. The summed E-state index contributed by atoms with van der Waals surface area (Å²) >= 11 is 4.77. The molecule has 184 valence electrons. The molecule has 22 heteroatoms. The number of hydrogen-bond acceptors (Lipinski definition) is 11. The van der Waals surface area contributed by atoms with E-state index in [-0.39, 0.29) is 0 Å². The van der Waals surface area contributed by atoms with E-state index in [1.165, 1.54) is 0 Å². The minimum Gasteiger partial charge on any atom is -0.387 e. The number of hydrogen-bond donors (Lipinski definition) is 6. The summed E-state index contributed by atoms with van der Waals surface area (Å²) in [6.45, 7) is -3.22. The van der Waals surface area contributed by atoms with Crippen LogP contribution in [-0.4, -0.2) is 65.4 Å². The van der Waals surface area contributed by atoms with Crippen LogP contribution in [0.4, 0.5) is 19.0 Å². The van der Waals surface area contributed by atoms with Gasteiger partial charge < -0.3 is 35.2 Å². The molecule has 32 heavy (non-hydrogen) atoms. The minimum absolute atomic E-state index is 0.481. The normalized spacial score (nSPS) is 30.1. The van der Waals surface area contributed by atoms with E-state index >= 15 is 4.39 Å². The molecule has 0 bridgehead atoms. The number of phosphoric acid groups is 3. The second-order valence-corrected chi connectivity index (χ2v) is 10.9. The van der Waals surface area contributed by atoms with Crippen molar-refractivity contribution < 1.29 is 69.4 Å². The standard InChI is InChI=1S/C10H15F3N3O12P3S/c11-3-10(13)6(17)5(26-8(10)16-1-4(12)7(14)15-9(16)32)2-25-30(21,22)28-31(23,24)27-29(18,19)20/h1,5-6,8,17H,2-3H2,(H,21,22)(H,23,24)(H2,14,15,32)(H2,18,19,20)/t5-,6?,8-,10-/m1/s1. The Morgan fingerprint density at radius 3 is 2.38 bits per heavy atom. The van der Waals surface area contributed by atoms with Gasteiger partial charge in [-0.2, -0.15) is 13.6 Å². The smallest absolute Gasteiger partial charge is 0.387 e. The van der Waals surface area contributed by atoms with Crippen LogP contribution in [0.15, 0.2) is 6.20 Å². The van der Waals surface area contributed by atoms with E-state index in [9.17, 15) is 32.5 Å². The van der Waals surface area contributed by atoms with Crippen LogP contribution in [0.1, 0.15) is 6.23 Å². The lowest BCUT2D eigenvalue weighted by atomic mass is 9.97. The zero-order valence-corrected chi connectivity index (χ0v) is 18.7. The van der Waals surface area contributed by atoms with E-state index < -0.39 is 77.3 Å². The number of aliphatic hydroxyl groups excluding tert-OH is 1. The Labute approximate surface area is 181 Å². The number of nitrogens with two attached hydrogens (primary N) is 1. The zero-order valence-electron chi connectivity index (χ0n) is 15.2. The average molecular weight is 551 g/mol. The van der Waals surface area contributed by atoms with Gasteiger partial charge in [0.2, 0.25) is 10.4 Å². The molecule has 1 aromatic rings. The largest absolute Gasteiger partial charge is 0.490 e. The van der Waals surface area contributed by atoms with Crippen molar-refractivity contribution in [2.24, 2.45) is 0 Å². The maximum atomic E-state index is 15.1. The highest BCUT2D eigenvalue weighted by Gasteiger charge is 2.59. The van der Waals surface area contributed by atoms with Crippen LogP contribution >= 0.6 is 35.7 Å². The Bertz CT molecular complexity index is 1070. The van der Waals surface area contributed by atoms with E-state index in [1.54, 1.807) is 0 Å². The van der Waals surface area contributed by atoms with Gasteiger partial charge >= 0.3 is 23.5 Å². The highest BCUT2D eigenvalue weighted by atomic mass is 32.1. The summed E-state index contributed by atoms with van der Waals surface area (Å²) in [4.78, 5) is 38.8. The fraction of sp³-hybridized carbons (Fsp3) is 0.600. The van der Waals surface area contributed by atoms with Gasteiger partial charge in [-0.25, -0.2) is 26.9 Å². The molecule has 2 heterocycles. The van der Waals surface area contributed by atoms with Crippen molar-refractivity contribution in [3.8, 4) is 0 Å². The second-order valence-electron chi connectivity index (χ2n) is 6.08. The molecule has 0 spiro atoms. The van der Waals surface area contributed by atoms with Gasteiger partial charge in [-0.15, -0.1) is 0 Å². The Hall–Kier alpha value is -0.780. The predicted molar refractivity (Wildman–Crippen MR) is 97.0 cm³/mol. The van der Waals surface area contributed by atoms with Gasteiger partial charge in [0, 0.05) is 6.20 Å². The van der Waals surface area contributed by atoms with Crippen LogP contribution in [0.5, 0.6) is 0 Å². The number of alkyl halides is 2. The maximum Gasteiger partial charge on any atom is 0.490 e. The number of anilines is 1. The highest BCUT2D eigenvalue weighted by molar-refractivity contribution is 7.71. The fourth-order valence-corrected chi connectivity index (χ4v) is 5.75. The Morgan fingerprint density at radius 2 is 1.84 bits per heavy atom. The lowest BCUT2D eigenvalue weighted by molar-refractivity contribution is -0.0724. The minimum atomic E-state index is -5.84. The molecule has 3 unspecified atom stereocenters. The van der Waals surface area contributed by atoms with Crippen LogP contribution in [0.2, 0.25) is 0 Å². The third-order valence-corrected chi connectivity index (χ3v) is 7.87. The molecule has 1 aliphatic heterocycles. The summed E-state index contributed by atoms with van der Waals surface area (Å²) in [6, 6.07) is 0. The van der Waals surface area contributed by atoms with Crippen molar-refractivity contribution in [3.05, 3.63) is 16.8 Å². The van der Waals surface area contributed by atoms with Gasteiger partial charge in [-0.1, -0.05) is 0 Å². The lowest BCUT2D eigenvalue weighted by Gasteiger charge is -2.26. The van der Waals surface area contributed by atoms with E-state index in [2.05, 4.69) is 18.1 Å². The molecule has 1 fully saturated rings. The fourth-order valence-electron chi connectivity index (χ4n) is 2.48. The van der Waals surface area contributed by atoms with Gasteiger partial charge in [0.1, 0.15) is 18.9 Å². The van der Waals surface area contributed by atoms with Crippen LogP contribution in [-0.2, 0) is 31.6 Å². The summed E-state index contributed by atoms with van der Waals surface area (Å²) in [5.41, 5.74) is 1.91. The van der Waals surface area contributed by atoms with Crippen molar-refractivity contribution in [1.82, 2.24) is 9.55 Å². The summed E-state index contributed by atoms with van der Waals surface area (Å²) in [5, 5.41) is 10.1. The number of nitrogens with zero attached hydrogens (tertiary/aromatic N) is 2. The van der Waals surface area contributed by atoms with Crippen molar-refractivity contribution >= 4 is 41.5 Å². The van der Waals surface area contributed by atoms with E-state index in [4.69, 9.17) is 37.4 Å². The predicted octanol–water partition coefficient (Wildman–Crippen LogP) is 0.613. The molecular weight excluding hydrogens is 536 g/mol. The van der Waals surface area contributed by atoms with Crippen molar-refractivity contribution in [1.29, 1.82) is 0 Å². The van der Waals surface area contributed by atoms with Gasteiger partial charge in [0.25, 0.3) is 0 Å². The molecule has 1 aromatic heterocycles. The first-order valence-electron chi connectivity index (χ1n) is 7.82. The average Bonchev–Trinajstić information content (AvgIpc) is 2.85. The van der Waals surface area contributed by atoms with Gasteiger partial charge in [-0.05, 0) is 12.2 Å². The first kappa shape index (κ1) is 27.5. The Kier molecular flexibility index (Phi) is 8.12. The zero-order chi connectivity index (χ0) is 24.7. The lowest BCUT2D eigenvalue weighted by Crippen LogP contribution is -2.45. The van der Waals surface area contributed by atoms with Crippen LogP contribution in [0.3, 0.4) is 0 Å². The van der Waals surface area contributed by atoms with E-state index in [0.717, 1.165) is 0 Å². The van der Waals surface area contributed by atoms with Crippen molar-refractivity contribution in [2.75, 3.05) is 19.0 Å². The summed E-state index contributed by atoms with van der Waals surface area (Å²) in [6.07, 6.45) is -6.04. The topological polar surface area (TPSA) is 233 Å². The highest BCUT2D eigenvalue weighted by Crippen LogP contribution is 2.66. The molecule has 0 saturated carbocycles. The Balaban J connectivity index is 2.21. The number of ether oxygens (including phenoxy) is 1. The summed E-state index contributed by atoms with van der Waals surface area (Å²) < 4.78 is 92.0. The first-order valence-corrected chi connectivity index (χ1v) is 12.7. The van der Waals surface area contributed by atoms with Gasteiger partial charge in [0.15, 0.2) is 17.9 Å². The van der Waals surface area contributed by atoms with Crippen LogP contribution < -0.4 is 5.73 Å². The number of halogens is 3. The first-order chi connectivity index (χ1) is 14.4. The van der Waals surface area contributed by atoms with Crippen molar-refractivity contribution in [3.63, 3.8) is 0 Å². The number of rotatable bonds is 9. The molecule has 0 radical (unpaired) electrons. The molecular formula is C10H15F3N3O12P3S. The Morgan fingerprint density at radius 1 is 1.25 bits per heavy atom. The number of aromatic nitrogens is 2. The molecule has 0 aromatic carbocycles. The van der Waals surface area contributed by atoms with E-state index in [0.29, 0.717) is 10.8 Å². The van der Waals surface area contributed by atoms with Crippen LogP contribution in [0.25, 0.3) is 0 Å². The van der Waals surface area contributed by atoms with Crippen LogP contribution in [0, 0.1) is 10.6 Å². The molecule has 7 N–H and O–H groups in total. The van der Waals surface area contributed by atoms with E-state index in [1.807, 2.05) is 0 Å². The second kappa shape index (κ2) is 9.46. The molecule has 15 nitrogen and oxygen atoms in total. The number of nitrogen functional groups attached to an aromatic ring is 1.